The van der Waals surface area contributed by atoms with E-state index in [-0.39, 0.29) is 5.91 Å². The van der Waals surface area contributed by atoms with Crippen LogP contribution < -0.4 is 0 Å². The Hall–Kier alpha value is -1.53. The molecule has 1 aliphatic heterocycles. The van der Waals surface area contributed by atoms with Crippen LogP contribution in [0.15, 0.2) is 12.5 Å². The molecule has 0 radical (unpaired) electrons. The molecule has 22 heavy (non-hydrogen) atoms. The van der Waals surface area contributed by atoms with Crippen molar-refractivity contribution >= 4 is 5.91 Å². The van der Waals surface area contributed by atoms with Crippen molar-refractivity contribution in [2.24, 2.45) is 5.92 Å². The first-order valence-electron chi connectivity index (χ1n) is 7.92. The van der Waals surface area contributed by atoms with E-state index in [2.05, 4.69) is 21.8 Å². The largest absolute Gasteiger partial charge is 0.379 e. The van der Waals surface area contributed by atoms with E-state index < -0.39 is 0 Å². The lowest BCUT2D eigenvalue weighted by atomic mass is 10.1. The Labute approximate surface area is 132 Å². The van der Waals surface area contributed by atoms with Gasteiger partial charge in [-0.1, -0.05) is 13.3 Å². The highest BCUT2D eigenvalue weighted by atomic mass is 16.5. The van der Waals surface area contributed by atoms with Crippen molar-refractivity contribution in [3.05, 3.63) is 23.8 Å². The zero-order valence-corrected chi connectivity index (χ0v) is 13.8. The number of amides is 1. The summed E-state index contributed by atoms with van der Waals surface area (Å²) in [6.07, 6.45) is 4.92. The van der Waals surface area contributed by atoms with Crippen LogP contribution in [0.3, 0.4) is 0 Å². The van der Waals surface area contributed by atoms with E-state index in [9.17, 15) is 4.79 Å². The molecule has 1 saturated heterocycles. The van der Waals surface area contributed by atoms with Gasteiger partial charge in [-0.25, -0.2) is 9.97 Å². The minimum absolute atomic E-state index is 0.0262. The third kappa shape index (κ3) is 4.48. The minimum atomic E-state index is 0.0262. The Kier molecular flexibility index (Phi) is 6.27. The lowest BCUT2D eigenvalue weighted by molar-refractivity contribution is 0.0733. The van der Waals surface area contributed by atoms with Crippen molar-refractivity contribution in [3.63, 3.8) is 0 Å². The summed E-state index contributed by atoms with van der Waals surface area (Å²) in [5, 5.41) is 0. The Morgan fingerprint density at radius 3 is 3.05 bits per heavy atom. The van der Waals surface area contributed by atoms with E-state index in [0.717, 1.165) is 31.6 Å². The lowest BCUT2D eigenvalue weighted by Gasteiger charge is -2.25. The van der Waals surface area contributed by atoms with Gasteiger partial charge < -0.3 is 14.5 Å². The molecule has 0 N–H and O–H groups in total. The molecule has 0 unspecified atom stereocenters. The van der Waals surface area contributed by atoms with Crippen LogP contribution in [0.1, 0.15) is 29.4 Å². The third-order valence-corrected chi connectivity index (χ3v) is 3.76. The van der Waals surface area contributed by atoms with Crippen LogP contribution in [0.4, 0.5) is 0 Å². The summed E-state index contributed by atoms with van der Waals surface area (Å²) in [5.41, 5.74) is 1.48. The van der Waals surface area contributed by atoms with Crippen LogP contribution in [0.2, 0.25) is 0 Å². The Morgan fingerprint density at radius 1 is 1.50 bits per heavy atom. The smallest absolute Gasteiger partial charge is 0.257 e. The Balaban J connectivity index is 2.13. The van der Waals surface area contributed by atoms with Crippen LogP contribution in [-0.2, 0) is 11.2 Å². The van der Waals surface area contributed by atoms with Crippen LogP contribution in [0.25, 0.3) is 0 Å². The van der Waals surface area contributed by atoms with Gasteiger partial charge in [0.05, 0.1) is 24.5 Å². The summed E-state index contributed by atoms with van der Waals surface area (Å²) in [6.45, 7) is 5.64. The Morgan fingerprint density at radius 2 is 2.32 bits per heavy atom. The van der Waals surface area contributed by atoms with Gasteiger partial charge in [0, 0.05) is 31.7 Å². The molecule has 1 aliphatic rings. The van der Waals surface area contributed by atoms with E-state index in [1.165, 1.54) is 6.33 Å². The van der Waals surface area contributed by atoms with Gasteiger partial charge in [-0.3, -0.25) is 4.79 Å². The summed E-state index contributed by atoms with van der Waals surface area (Å²) in [6, 6.07) is 0. The van der Waals surface area contributed by atoms with Crippen LogP contribution >= 0.6 is 0 Å². The second-order valence-corrected chi connectivity index (χ2v) is 6.09. The number of aryl methyl sites for hydroxylation is 1. The fourth-order valence-electron chi connectivity index (χ4n) is 2.83. The van der Waals surface area contributed by atoms with E-state index in [0.29, 0.717) is 31.2 Å². The number of carbonyl (C=O) groups excluding carboxylic acids is 1. The molecule has 1 atom stereocenters. The molecule has 1 fully saturated rings. The zero-order chi connectivity index (χ0) is 15.9. The first kappa shape index (κ1) is 16.8. The molecule has 0 bridgehead atoms. The highest BCUT2D eigenvalue weighted by Gasteiger charge is 2.25. The fraction of sp³-hybridized carbons (Fsp3) is 0.688. The van der Waals surface area contributed by atoms with Crippen molar-refractivity contribution in [2.45, 2.75) is 19.8 Å². The SMILES string of the molecule is CCCc1ncncc1C(=O)N1CCOC[C@H](CN(C)C)C1. The van der Waals surface area contributed by atoms with E-state index in [1.54, 1.807) is 6.20 Å². The number of ether oxygens (including phenoxy) is 1. The molecule has 2 rings (SSSR count). The molecule has 0 aliphatic carbocycles. The van der Waals surface area contributed by atoms with Crippen LogP contribution in [0, 0.1) is 5.92 Å². The van der Waals surface area contributed by atoms with E-state index >= 15 is 0 Å². The highest BCUT2D eigenvalue weighted by Crippen LogP contribution is 2.14. The number of rotatable bonds is 5. The summed E-state index contributed by atoms with van der Waals surface area (Å²) < 4.78 is 5.65. The predicted octanol–water partition coefficient (Wildman–Crippen LogP) is 1.08. The maximum absolute atomic E-state index is 12.9. The van der Waals surface area contributed by atoms with Crippen molar-refractivity contribution in [2.75, 3.05) is 46.9 Å². The molecule has 6 nitrogen and oxygen atoms in total. The first-order valence-corrected chi connectivity index (χ1v) is 7.92. The van der Waals surface area contributed by atoms with Gasteiger partial charge >= 0.3 is 0 Å². The van der Waals surface area contributed by atoms with Crippen molar-refractivity contribution in [3.8, 4) is 0 Å². The van der Waals surface area contributed by atoms with Gasteiger partial charge in [-0.05, 0) is 20.5 Å². The summed E-state index contributed by atoms with van der Waals surface area (Å²) >= 11 is 0. The third-order valence-electron chi connectivity index (χ3n) is 3.76. The monoisotopic (exact) mass is 306 g/mol. The predicted molar refractivity (Wildman–Crippen MR) is 84.8 cm³/mol. The maximum Gasteiger partial charge on any atom is 0.257 e. The second kappa shape index (κ2) is 8.19. The number of aromatic nitrogens is 2. The highest BCUT2D eigenvalue weighted by molar-refractivity contribution is 5.95. The molecule has 1 aromatic rings. The summed E-state index contributed by atoms with van der Waals surface area (Å²) in [5.74, 6) is 0.360. The van der Waals surface area contributed by atoms with Gasteiger partial charge in [0.1, 0.15) is 6.33 Å². The van der Waals surface area contributed by atoms with Crippen LogP contribution in [0.5, 0.6) is 0 Å². The number of nitrogens with zero attached hydrogens (tertiary/aromatic N) is 4. The summed E-state index contributed by atoms with van der Waals surface area (Å²) in [7, 11) is 4.09. The molecular weight excluding hydrogens is 280 g/mol. The van der Waals surface area contributed by atoms with Gasteiger partial charge in [-0.2, -0.15) is 0 Å². The standard InChI is InChI=1S/C16H26N4O2/c1-4-5-15-14(8-17-12-18-15)16(21)20-6-7-22-11-13(10-20)9-19(2)3/h8,12-13H,4-7,9-11H2,1-3H3/t13-/m1/s1. The number of hydrogen-bond acceptors (Lipinski definition) is 5. The maximum atomic E-state index is 12.9. The fourth-order valence-corrected chi connectivity index (χ4v) is 2.83. The molecule has 1 amide bonds. The molecule has 2 heterocycles. The molecule has 1 aromatic heterocycles. The molecule has 0 aromatic carbocycles. The molecular formula is C16H26N4O2. The number of hydrogen-bond donors (Lipinski definition) is 0. The second-order valence-electron chi connectivity index (χ2n) is 6.09. The lowest BCUT2D eigenvalue weighted by Crippen LogP contribution is -2.39. The molecule has 6 heteroatoms. The average Bonchev–Trinajstić information content (AvgIpc) is 2.72. The average molecular weight is 306 g/mol. The Bertz CT molecular complexity index is 493. The molecule has 0 spiro atoms. The van der Waals surface area contributed by atoms with E-state index in [1.807, 2.05) is 19.0 Å². The molecule has 122 valence electrons. The van der Waals surface area contributed by atoms with Crippen LogP contribution in [-0.4, -0.2) is 72.6 Å². The quantitative estimate of drug-likeness (QED) is 0.815. The van der Waals surface area contributed by atoms with Gasteiger partial charge in [-0.15, -0.1) is 0 Å². The summed E-state index contributed by atoms with van der Waals surface area (Å²) in [4.78, 5) is 25.2. The molecule has 0 saturated carbocycles. The minimum Gasteiger partial charge on any atom is -0.379 e. The van der Waals surface area contributed by atoms with Gasteiger partial charge in [0.25, 0.3) is 5.91 Å². The van der Waals surface area contributed by atoms with Gasteiger partial charge in [0.15, 0.2) is 0 Å². The van der Waals surface area contributed by atoms with Gasteiger partial charge in [0.2, 0.25) is 0 Å². The van der Waals surface area contributed by atoms with Crippen molar-refractivity contribution in [1.82, 2.24) is 19.8 Å². The van der Waals surface area contributed by atoms with E-state index in [4.69, 9.17) is 4.74 Å². The normalized spacial score (nSPS) is 19.3. The topological polar surface area (TPSA) is 58.6 Å². The first-order chi connectivity index (χ1) is 10.6. The van der Waals surface area contributed by atoms with Crippen molar-refractivity contribution in [1.29, 1.82) is 0 Å². The zero-order valence-electron chi connectivity index (χ0n) is 13.8. The van der Waals surface area contributed by atoms with Crippen molar-refractivity contribution < 1.29 is 9.53 Å². The number of carbonyl (C=O) groups is 1.